The van der Waals surface area contributed by atoms with E-state index in [1.807, 2.05) is 36.4 Å². The Morgan fingerprint density at radius 1 is 1.30 bits per heavy atom. The van der Waals surface area contributed by atoms with E-state index in [9.17, 15) is 9.90 Å². The van der Waals surface area contributed by atoms with Crippen molar-refractivity contribution in [2.45, 2.75) is 12.6 Å². The summed E-state index contributed by atoms with van der Waals surface area (Å²) in [6.45, 7) is 0.533. The van der Waals surface area contributed by atoms with Crippen molar-refractivity contribution < 1.29 is 14.6 Å². The zero-order valence-corrected chi connectivity index (χ0v) is 11.3. The quantitative estimate of drug-likeness (QED) is 0.700. The van der Waals surface area contributed by atoms with E-state index in [4.69, 9.17) is 0 Å². The minimum Gasteiger partial charge on any atom is -0.464 e. The summed E-state index contributed by atoms with van der Waals surface area (Å²) in [5, 5.41) is 12.7. The number of aliphatic hydroxyl groups is 1. The molecule has 2 rings (SSSR count). The van der Waals surface area contributed by atoms with Gasteiger partial charge in [-0.3, -0.25) is 0 Å². The van der Waals surface area contributed by atoms with Crippen molar-refractivity contribution in [2.75, 3.05) is 13.7 Å². The molecule has 0 amide bonds. The summed E-state index contributed by atoms with van der Waals surface area (Å²) in [5.74, 6) is -0.391. The molecule has 0 radical (unpaired) electrons. The summed E-state index contributed by atoms with van der Waals surface area (Å²) in [5.41, 5.74) is 2.30. The predicted octanol–water partition coefficient (Wildman–Crippen LogP) is 1.62. The van der Waals surface area contributed by atoms with Crippen LogP contribution in [0.25, 0.3) is 0 Å². The Kier molecular flexibility index (Phi) is 4.92. The first-order chi connectivity index (χ1) is 9.74. The lowest BCUT2D eigenvalue weighted by atomic mass is 10.1. The number of rotatable bonds is 6. The number of aliphatic hydroxyl groups excluding tert-OH is 1. The maximum atomic E-state index is 11.3. The van der Waals surface area contributed by atoms with Gasteiger partial charge in [0.05, 0.1) is 19.8 Å². The van der Waals surface area contributed by atoms with Crippen LogP contribution in [0.4, 0.5) is 0 Å². The molecule has 0 aliphatic heterocycles. The van der Waals surface area contributed by atoms with Gasteiger partial charge in [0.15, 0.2) is 0 Å². The molecule has 20 heavy (non-hydrogen) atoms. The molecule has 0 aliphatic carbocycles. The van der Waals surface area contributed by atoms with Crippen molar-refractivity contribution in [1.29, 1.82) is 0 Å². The van der Waals surface area contributed by atoms with Crippen LogP contribution in [0.15, 0.2) is 42.5 Å². The first-order valence-corrected chi connectivity index (χ1v) is 6.40. The van der Waals surface area contributed by atoms with Crippen LogP contribution in [-0.4, -0.2) is 29.8 Å². The third kappa shape index (κ3) is 3.46. The smallest absolute Gasteiger partial charge is 0.354 e. The summed E-state index contributed by atoms with van der Waals surface area (Å²) in [7, 11) is 1.35. The molecule has 1 unspecified atom stereocenters. The zero-order chi connectivity index (χ0) is 14.4. The molecule has 0 saturated carbocycles. The Morgan fingerprint density at radius 3 is 2.70 bits per heavy atom. The van der Waals surface area contributed by atoms with Crippen LogP contribution in [0.3, 0.4) is 0 Å². The fourth-order valence-electron chi connectivity index (χ4n) is 1.98. The van der Waals surface area contributed by atoms with Gasteiger partial charge in [0.25, 0.3) is 0 Å². The summed E-state index contributed by atoms with van der Waals surface area (Å²) in [6.07, 6.45) is 0. The van der Waals surface area contributed by atoms with Crippen LogP contribution in [0.2, 0.25) is 0 Å². The first kappa shape index (κ1) is 14.3. The fraction of sp³-hybridized carbons (Fsp3) is 0.267. The van der Waals surface area contributed by atoms with Crippen LogP contribution >= 0.6 is 0 Å². The van der Waals surface area contributed by atoms with Gasteiger partial charge in [0.2, 0.25) is 0 Å². The van der Waals surface area contributed by atoms with Crippen molar-refractivity contribution in [3.8, 4) is 0 Å². The molecule has 1 atom stereocenters. The second-order valence-corrected chi connectivity index (χ2v) is 4.42. The molecule has 3 N–H and O–H groups in total. The van der Waals surface area contributed by atoms with Gasteiger partial charge < -0.3 is 20.1 Å². The monoisotopic (exact) mass is 274 g/mol. The maximum absolute atomic E-state index is 11.3. The number of esters is 1. The number of ether oxygens (including phenoxy) is 1. The number of nitrogens with one attached hydrogen (secondary N) is 2. The van der Waals surface area contributed by atoms with Crippen molar-refractivity contribution in [3.05, 3.63) is 59.4 Å². The van der Waals surface area contributed by atoms with Crippen molar-refractivity contribution >= 4 is 5.97 Å². The molecule has 0 saturated heterocycles. The highest BCUT2D eigenvalue weighted by atomic mass is 16.5. The molecule has 5 heteroatoms. The fourth-order valence-corrected chi connectivity index (χ4v) is 1.98. The average molecular weight is 274 g/mol. The lowest BCUT2D eigenvalue weighted by Gasteiger charge is -2.16. The lowest BCUT2D eigenvalue weighted by Crippen LogP contribution is -2.24. The van der Waals surface area contributed by atoms with E-state index in [1.165, 1.54) is 7.11 Å². The van der Waals surface area contributed by atoms with E-state index in [1.54, 1.807) is 6.07 Å². The van der Waals surface area contributed by atoms with Crippen LogP contribution < -0.4 is 5.32 Å². The number of methoxy groups -OCH3 is 1. The highest BCUT2D eigenvalue weighted by molar-refractivity contribution is 5.87. The number of benzene rings is 1. The van der Waals surface area contributed by atoms with Gasteiger partial charge in [-0.25, -0.2) is 4.79 Å². The van der Waals surface area contributed by atoms with Crippen LogP contribution in [-0.2, 0) is 11.3 Å². The predicted molar refractivity (Wildman–Crippen MR) is 75.2 cm³/mol. The van der Waals surface area contributed by atoms with Crippen molar-refractivity contribution in [2.24, 2.45) is 0 Å². The van der Waals surface area contributed by atoms with Gasteiger partial charge in [0.1, 0.15) is 5.69 Å². The molecule has 0 spiro atoms. The maximum Gasteiger partial charge on any atom is 0.354 e. The number of hydrogen-bond donors (Lipinski definition) is 3. The van der Waals surface area contributed by atoms with Gasteiger partial charge in [-0.2, -0.15) is 0 Å². The highest BCUT2D eigenvalue weighted by Gasteiger charge is 2.11. The molecular formula is C15H18N2O3. The number of carbonyl (C=O) groups is 1. The third-order valence-electron chi connectivity index (χ3n) is 3.08. The third-order valence-corrected chi connectivity index (χ3v) is 3.08. The van der Waals surface area contributed by atoms with E-state index in [-0.39, 0.29) is 12.6 Å². The number of aromatic nitrogens is 1. The van der Waals surface area contributed by atoms with Crippen LogP contribution in [0, 0.1) is 0 Å². The molecule has 2 aromatic rings. The topological polar surface area (TPSA) is 74.3 Å². The summed E-state index contributed by atoms with van der Waals surface area (Å²) in [6, 6.07) is 13.1. The molecule has 0 bridgehead atoms. The Hall–Kier alpha value is -2.11. The largest absolute Gasteiger partial charge is 0.464 e. The van der Waals surface area contributed by atoms with Crippen LogP contribution in [0.5, 0.6) is 0 Å². The molecule has 1 heterocycles. The molecule has 5 nitrogen and oxygen atoms in total. The molecule has 1 aromatic carbocycles. The van der Waals surface area contributed by atoms with E-state index in [0.717, 1.165) is 11.3 Å². The molecule has 0 aliphatic rings. The van der Waals surface area contributed by atoms with Gasteiger partial charge >= 0.3 is 5.97 Å². The Morgan fingerprint density at radius 2 is 2.05 bits per heavy atom. The second-order valence-electron chi connectivity index (χ2n) is 4.42. The number of carbonyl (C=O) groups excluding carboxylic acids is 1. The number of H-pyrrole nitrogens is 1. The van der Waals surface area contributed by atoms with Crippen molar-refractivity contribution in [1.82, 2.24) is 10.3 Å². The summed E-state index contributed by atoms with van der Waals surface area (Å²) < 4.78 is 4.64. The van der Waals surface area contributed by atoms with E-state index in [2.05, 4.69) is 15.0 Å². The van der Waals surface area contributed by atoms with Crippen LogP contribution in [0.1, 0.15) is 27.8 Å². The lowest BCUT2D eigenvalue weighted by molar-refractivity contribution is 0.0594. The van der Waals surface area contributed by atoms with Gasteiger partial charge in [-0.15, -0.1) is 0 Å². The molecule has 0 fully saturated rings. The van der Waals surface area contributed by atoms with E-state index in [0.29, 0.717) is 12.2 Å². The normalized spacial score (nSPS) is 12.1. The average Bonchev–Trinajstić information content (AvgIpc) is 2.97. The summed E-state index contributed by atoms with van der Waals surface area (Å²) in [4.78, 5) is 14.3. The van der Waals surface area contributed by atoms with E-state index >= 15 is 0 Å². The Bertz CT molecular complexity index is 551. The number of hydrogen-bond acceptors (Lipinski definition) is 4. The molecule has 1 aromatic heterocycles. The molecular weight excluding hydrogens is 256 g/mol. The minimum absolute atomic E-state index is 0.00851. The standard InChI is InChI=1S/C15H18N2O3/c1-20-15(19)13-8-7-12(17-13)9-16-14(10-18)11-5-3-2-4-6-11/h2-8,14,16-18H,9-10H2,1H3. The van der Waals surface area contributed by atoms with Crippen molar-refractivity contribution in [3.63, 3.8) is 0 Å². The zero-order valence-electron chi connectivity index (χ0n) is 11.3. The highest BCUT2D eigenvalue weighted by Crippen LogP contribution is 2.12. The second kappa shape index (κ2) is 6.88. The van der Waals surface area contributed by atoms with Gasteiger partial charge in [-0.05, 0) is 17.7 Å². The minimum atomic E-state index is -0.391. The number of aromatic amines is 1. The SMILES string of the molecule is COC(=O)c1ccc(CNC(CO)c2ccccc2)[nH]1. The Balaban J connectivity index is 1.97. The van der Waals surface area contributed by atoms with Gasteiger partial charge in [-0.1, -0.05) is 30.3 Å². The first-order valence-electron chi connectivity index (χ1n) is 6.40. The van der Waals surface area contributed by atoms with E-state index < -0.39 is 5.97 Å². The molecule has 106 valence electrons. The van der Waals surface area contributed by atoms with Gasteiger partial charge in [0, 0.05) is 12.2 Å². The Labute approximate surface area is 117 Å². The summed E-state index contributed by atoms with van der Waals surface area (Å²) >= 11 is 0.